The Morgan fingerprint density at radius 1 is 1.59 bits per heavy atom. The standard InChI is InChI=1S/C11H21N3O3/c1-4-11(2,12)9(15)14-6-5-8(7-14)13-10(16)17-3/h8H,4-7,12H2,1-3H3,(H,13,16). The molecule has 0 spiro atoms. The molecule has 0 aromatic heterocycles. The average Bonchev–Trinajstić information content (AvgIpc) is 2.76. The first kappa shape index (κ1) is 13.8. The van der Waals surface area contributed by atoms with Crippen LogP contribution >= 0.6 is 0 Å². The molecule has 0 radical (unpaired) electrons. The van der Waals surface area contributed by atoms with Crippen molar-refractivity contribution in [1.82, 2.24) is 10.2 Å². The fourth-order valence-corrected chi connectivity index (χ4v) is 1.80. The van der Waals surface area contributed by atoms with Crippen molar-refractivity contribution in [2.45, 2.75) is 38.3 Å². The van der Waals surface area contributed by atoms with Gasteiger partial charge in [0.2, 0.25) is 5.91 Å². The van der Waals surface area contributed by atoms with Gasteiger partial charge in [-0.2, -0.15) is 0 Å². The summed E-state index contributed by atoms with van der Waals surface area (Å²) in [6.45, 7) is 4.75. The van der Waals surface area contributed by atoms with Crippen molar-refractivity contribution in [2.24, 2.45) is 5.73 Å². The lowest BCUT2D eigenvalue weighted by molar-refractivity contribution is -0.135. The highest BCUT2D eigenvalue weighted by Gasteiger charge is 2.35. The van der Waals surface area contributed by atoms with Crippen LogP contribution in [-0.4, -0.2) is 48.7 Å². The first-order valence-electron chi connectivity index (χ1n) is 5.83. The van der Waals surface area contributed by atoms with Gasteiger partial charge in [-0.05, 0) is 19.8 Å². The van der Waals surface area contributed by atoms with E-state index < -0.39 is 11.6 Å². The second-order valence-electron chi connectivity index (χ2n) is 4.64. The molecule has 1 aliphatic rings. The van der Waals surface area contributed by atoms with Gasteiger partial charge in [0.15, 0.2) is 0 Å². The fourth-order valence-electron chi connectivity index (χ4n) is 1.80. The van der Waals surface area contributed by atoms with Crippen LogP contribution in [0.2, 0.25) is 0 Å². The first-order chi connectivity index (χ1) is 7.90. The van der Waals surface area contributed by atoms with E-state index in [-0.39, 0.29) is 11.9 Å². The highest BCUT2D eigenvalue weighted by molar-refractivity contribution is 5.86. The second-order valence-corrected chi connectivity index (χ2v) is 4.64. The Labute approximate surface area is 101 Å². The molecular weight excluding hydrogens is 222 g/mol. The Kier molecular flexibility index (Phi) is 4.34. The topological polar surface area (TPSA) is 84.7 Å². The van der Waals surface area contributed by atoms with Gasteiger partial charge >= 0.3 is 6.09 Å². The average molecular weight is 243 g/mol. The number of carbonyl (C=O) groups excluding carboxylic acids is 2. The van der Waals surface area contributed by atoms with Crippen LogP contribution in [0.15, 0.2) is 0 Å². The van der Waals surface area contributed by atoms with Crippen LogP contribution in [0.4, 0.5) is 4.79 Å². The van der Waals surface area contributed by atoms with E-state index in [0.717, 1.165) is 6.42 Å². The Morgan fingerprint density at radius 2 is 2.24 bits per heavy atom. The van der Waals surface area contributed by atoms with Crippen molar-refractivity contribution >= 4 is 12.0 Å². The maximum atomic E-state index is 12.1. The van der Waals surface area contributed by atoms with E-state index in [4.69, 9.17) is 5.73 Å². The Morgan fingerprint density at radius 3 is 2.76 bits per heavy atom. The maximum absolute atomic E-state index is 12.1. The quantitative estimate of drug-likeness (QED) is 0.734. The number of ether oxygens (including phenoxy) is 1. The Bertz CT molecular complexity index is 304. The minimum atomic E-state index is -0.819. The summed E-state index contributed by atoms with van der Waals surface area (Å²) in [5.74, 6) is -0.0610. The van der Waals surface area contributed by atoms with Gasteiger partial charge < -0.3 is 20.7 Å². The van der Waals surface area contributed by atoms with Crippen molar-refractivity contribution in [2.75, 3.05) is 20.2 Å². The Balaban J connectivity index is 2.50. The number of nitrogens with two attached hydrogens (primary N) is 1. The summed E-state index contributed by atoms with van der Waals surface area (Å²) in [6, 6.07) is -0.0425. The number of methoxy groups -OCH3 is 1. The minimum Gasteiger partial charge on any atom is -0.453 e. The van der Waals surface area contributed by atoms with E-state index in [9.17, 15) is 9.59 Å². The third-order valence-corrected chi connectivity index (χ3v) is 3.21. The van der Waals surface area contributed by atoms with Gasteiger partial charge in [-0.3, -0.25) is 4.79 Å². The lowest BCUT2D eigenvalue weighted by atomic mass is 9.99. The molecule has 17 heavy (non-hydrogen) atoms. The summed E-state index contributed by atoms with van der Waals surface area (Å²) >= 11 is 0. The first-order valence-corrected chi connectivity index (χ1v) is 5.83. The molecule has 3 N–H and O–H groups in total. The monoisotopic (exact) mass is 243 g/mol. The number of hydrogen-bond acceptors (Lipinski definition) is 4. The zero-order valence-corrected chi connectivity index (χ0v) is 10.7. The number of rotatable bonds is 3. The molecule has 1 aliphatic heterocycles. The summed E-state index contributed by atoms with van der Waals surface area (Å²) < 4.78 is 4.52. The number of nitrogens with zero attached hydrogens (tertiary/aromatic N) is 1. The molecular formula is C11H21N3O3. The zero-order chi connectivity index (χ0) is 13.1. The molecule has 6 nitrogen and oxygen atoms in total. The van der Waals surface area contributed by atoms with E-state index in [1.54, 1.807) is 11.8 Å². The molecule has 2 unspecified atom stereocenters. The van der Waals surface area contributed by atoms with Crippen molar-refractivity contribution in [1.29, 1.82) is 0 Å². The predicted octanol–water partition coefficient (Wildman–Crippen LogP) is 0.0707. The van der Waals surface area contributed by atoms with E-state index in [1.807, 2.05) is 6.92 Å². The number of alkyl carbamates (subject to hydrolysis) is 1. The largest absolute Gasteiger partial charge is 0.453 e. The fraction of sp³-hybridized carbons (Fsp3) is 0.818. The predicted molar refractivity (Wildman–Crippen MR) is 63.4 cm³/mol. The van der Waals surface area contributed by atoms with Gasteiger partial charge in [0, 0.05) is 13.1 Å². The highest BCUT2D eigenvalue weighted by atomic mass is 16.5. The van der Waals surface area contributed by atoms with Gasteiger partial charge in [0.25, 0.3) is 0 Å². The van der Waals surface area contributed by atoms with E-state index in [2.05, 4.69) is 10.1 Å². The SMILES string of the molecule is CCC(C)(N)C(=O)N1CCC(NC(=O)OC)C1. The van der Waals surface area contributed by atoms with Crippen LogP contribution in [0.1, 0.15) is 26.7 Å². The molecule has 1 rings (SSSR count). The number of carbonyl (C=O) groups is 2. The maximum Gasteiger partial charge on any atom is 0.407 e. The molecule has 0 aromatic rings. The molecule has 1 fully saturated rings. The Hall–Kier alpha value is -1.30. The van der Waals surface area contributed by atoms with Gasteiger partial charge in [0.1, 0.15) is 0 Å². The van der Waals surface area contributed by atoms with Crippen LogP contribution in [0.5, 0.6) is 0 Å². The van der Waals surface area contributed by atoms with E-state index in [0.29, 0.717) is 19.5 Å². The molecule has 98 valence electrons. The molecule has 0 bridgehead atoms. The molecule has 0 aromatic carbocycles. The third-order valence-electron chi connectivity index (χ3n) is 3.21. The van der Waals surface area contributed by atoms with Crippen molar-refractivity contribution < 1.29 is 14.3 Å². The molecule has 1 heterocycles. The van der Waals surface area contributed by atoms with Crippen LogP contribution < -0.4 is 11.1 Å². The molecule has 1 saturated heterocycles. The molecule has 0 aliphatic carbocycles. The number of likely N-dealkylation sites (tertiary alicyclic amines) is 1. The molecule has 2 amide bonds. The van der Waals surface area contributed by atoms with Crippen molar-refractivity contribution in [3.63, 3.8) is 0 Å². The highest BCUT2D eigenvalue weighted by Crippen LogP contribution is 2.16. The van der Waals surface area contributed by atoms with Gasteiger partial charge in [-0.1, -0.05) is 6.92 Å². The van der Waals surface area contributed by atoms with E-state index >= 15 is 0 Å². The van der Waals surface area contributed by atoms with Gasteiger partial charge in [0.05, 0.1) is 18.7 Å². The van der Waals surface area contributed by atoms with Crippen LogP contribution in [0.3, 0.4) is 0 Å². The van der Waals surface area contributed by atoms with Crippen LogP contribution in [-0.2, 0) is 9.53 Å². The summed E-state index contributed by atoms with van der Waals surface area (Å²) in [6.07, 6.45) is 0.869. The molecule has 0 saturated carbocycles. The summed E-state index contributed by atoms with van der Waals surface area (Å²) in [4.78, 5) is 24.8. The van der Waals surface area contributed by atoms with Crippen LogP contribution in [0, 0.1) is 0 Å². The van der Waals surface area contributed by atoms with Crippen molar-refractivity contribution in [3.05, 3.63) is 0 Å². The lowest BCUT2D eigenvalue weighted by Crippen LogP contribution is -2.52. The van der Waals surface area contributed by atoms with E-state index in [1.165, 1.54) is 7.11 Å². The normalized spacial score (nSPS) is 23.1. The van der Waals surface area contributed by atoms with Gasteiger partial charge in [-0.25, -0.2) is 4.79 Å². The second kappa shape index (κ2) is 5.35. The minimum absolute atomic E-state index is 0.0425. The summed E-state index contributed by atoms with van der Waals surface area (Å²) in [5, 5.41) is 2.69. The van der Waals surface area contributed by atoms with Crippen molar-refractivity contribution in [3.8, 4) is 0 Å². The van der Waals surface area contributed by atoms with Crippen LogP contribution in [0.25, 0.3) is 0 Å². The summed E-state index contributed by atoms with van der Waals surface area (Å²) in [7, 11) is 1.32. The number of hydrogen-bond donors (Lipinski definition) is 2. The molecule has 6 heteroatoms. The number of amides is 2. The number of nitrogens with one attached hydrogen (secondary N) is 1. The molecule has 2 atom stereocenters. The van der Waals surface area contributed by atoms with Gasteiger partial charge in [-0.15, -0.1) is 0 Å². The lowest BCUT2D eigenvalue weighted by Gasteiger charge is -2.28. The third kappa shape index (κ3) is 3.33. The smallest absolute Gasteiger partial charge is 0.407 e. The summed E-state index contributed by atoms with van der Waals surface area (Å²) in [5.41, 5.74) is 5.09. The zero-order valence-electron chi connectivity index (χ0n) is 10.7.